The summed E-state index contributed by atoms with van der Waals surface area (Å²) < 4.78 is 26.5. The highest BCUT2D eigenvalue weighted by molar-refractivity contribution is 7.53. The highest BCUT2D eigenvalue weighted by Crippen LogP contribution is 2.46. The molecule has 0 heterocycles. The molecule has 0 radical (unpaired) electrons. The van der Waals surface area contributed by atoms with Crippen molar-refractivity contribution in [1.29, 1.82) is 0 Å². The third-order valence-corrected chi connectivity index (χ3v) is 3.49. The Morgan fingerprint density at radius 3 is 2.47 bits per heavy atom. The van der Waals surface area contributed by atoms with Gasteiger partial charge in [0.1, 0.15) is 5.75 Å². The second-order valence-corrected chi connectivity index (χ2v) is 5.28. The van der Waals surface area contributed by atoms with Crippen molar-refractivity contribution in [3.8, 4) is 5.75 Å². The molecule has 0 saturated carbocycles. The van der Waals surface area contributed by atoms with Crippen molar-refractivity contribution in [2.75, 3.05) is 20.6 Å². The zero-order valence-corrected chi connectivity index (χ0v) is 9.99. The maximum absolute atomic E-state index is 11.6. The molecule has 15 heavy (non-hydrogen) atoms. The molecule has 0 aliphatic rings. The standard InChI is InChI=1S/C10H15O4P/c1-9-5-4-6-10(7-9)14-8-15(11,12-2)13-3/h4-7H,8H2,1-3H3. The summed E-state index contributed by atoms with van der Waals surface area (Å²) in [6, 6.07) is 7.48. The normalized spacial score (nSPS) is 11.4. The Hall–Kier alpha value is -0.830. The van der Waals surface area contributed by atoms with Gasteiger partial charge in [0.2, 0.25) is 0 Å². The highest BCUT2D eigenvalue weighted by Gasteiger charge is 2.21. The van der Waals surface area contributed by atoms with Crippen molar-refractivity contribution >= 4 is 7.60 Å². The summed E-state index contributed by atoms with van der Waals surface area (Å²) in [7, 11) is -0.410. The number of rotatable bonds is 5. The number of hydrogen-bond donors (Lipinski definition) is 0. The molecule has 0 aliphatic carbocycles. The molecule has 0 amide bonds. The Balaban J connectivity index is 2.61. The average Bonchev–Trinajstić information content (AvgIpc) is 2.26. The molecule has 0 atom stereocenters. The van der Waals surface area contributed by atoms with Crippen molar-refractivity contribution in [3.05, 3.63) is 29.8 Å². The van der Waals surface area contributed by atoms with Crippen LogP contribution in [0.5, 0.6) is 5.75 Å². The molecule has 1 aromatic rings. The van der Waals surface area contributed by atoms with Crippen LogP contribution in [0.2, 0.25) is 0 Å². The van der Waals surface area contributed by atoms with Crippen LogP contribution >= 0.6 is 7.60 Å². The van der Waals surface area contributed by atoms with Gasteiger partial charge in [-0.15, -0.1) is 0 Å². The summed E-state index contributed by atoms with van der Waals surface area (Å²) in [6.45, 7) is 1.96. The van der Waals surface area contributed by atoms with Gasteiger partial charge < -0.3 is 13.8 Å². The van der Waals surface area contributed by atoms with Crippen molar-refractivity contribution in [2.45, 2.75) is 6.92 Å². The summed E-state index contributed by atoms with van der Waals surface area (Å²) in [5, 5.41) is 0. The van der Waals surface area contributed by atoms with Crippen LogP contribution in [-0.2, 0) is 13.6 Å². The summed E-state index contributed by atoms with van der Waals surface area (Å²) >= 11 is 0. The topological polar surface area (TPSA) is 44.8 Å². The van der Waals surface area contributed by atoms with E-state index in [-0.39, 0.29) is 6.35 Å². The number of benzene rings is 1. The van der Waals surface area contributed by atoms with E-state index in [0.29, 0.717) is 5.75 Å². The Bertz CT molecular complexity index is 356. The van der Waals surface area contributed by atoms with Crippen LogP contribution in [0.15, 0.2) is 24.3 Å². The molecular formula is C10H15O4P. The SMILES string of the molecule is COP(=O)(COc1cccc(C)c1)OC. The van der Waals surface area contributed by atoms with Gasteiger partial charge in [0, 0.05) is 14.2 Å². The number of ether oxygens (including phenoxy) is 1. The molecule has 1 rings (SSSR count). The van der Waals surface area contributed by atoms with Gasteiger partial charge in [-0.2, -0.15) is 0 Å². The van der Waals surface area contributed by atoms with Crippen molar-refractivity contribution in [2.24, 2.45) is 0 Å². The zero-order valence-electron chi connectivity index (χ0n) is 9.10. The molecule has 0 bridgehead atoms. The second kappa shape index (κ2) is 5.31. The van der Waals surface area contributed by atoms with Gasteiger partial charge in [0.25, 0.3) is 0 Å². The van der Waals surface area contributed by atoms with E-state index < -0.39 is 7.60 Å². The fourth-order valence-electron chi connectivity index (χ4n) is 1.04. The highest BCUT2D eigenvalue weighted by atomic mass is 31.2. The first-order chi connectivity index (χ1) is 7.09. The molecule has 0 N–H and O–H groups in total. The third kappa shape index (κ3) is 3.67. The smallest absolute Gasteiger partial charge is 0.367 e. The molecule has 0 spiro atoms. The van der Waals surface area contributed by atoms with E-state index in [2.05, 4.69) is 0 Å². The molecule has 0 fully saturated rings. The van der Waals surface area contributed by atoms with E-state index in [9.17, 15) is 4.57 Å². The fraction of sp³-hybridized carbons (Fsp3) is 0.400. The lowest BCUT2D eigenvalue weighted by Crippen LogP contribution is -2.02. The Morgan fingerprint density at radius 1 is 1.27 bits per heavy atom. The molecule has 0 aliphatic heterocycles. The van der Waals surface area contributed by atoms with E-state index in [4.69, 9.17) is 13.8 Å². The van der Waals surface area contributed by atoms with E-state index in [1.807, 2.05) is 25.1 Å². The first-order valence-corrected chi connectivity index (χ1v) is 6.22. The second-order valence-electron chi connectivity index (χ2n) is 3.07. The van der Waals surface area contributed by atoms with Gasteiger partial charge in [0.15, 0.2) is 6.35 Å². The van der Waals surface area contributed by atoms with Crippen LogP contribution in [0.4, 0.5) is 0 Å². The minimum Gasteiger partial charge on any atom is -0.481 e. The van der Waals surface area contributed by atoms with Gasteiger partial charge in [-0.25, -0.2) is 0 Å². The van der Waals surface area contributed by atoms with Crippen molar-refractivity contribution < 1.29 is 18.3 Å². The van der Waals surface area contributed by atoms with E-state index >= 15 is 0 Å². The summed E-state index contributed by atoms with van der Waals surface area (Å²) in [4.78, 5) is 0. The third-order valence-electron chi connectivity index (χ3n) is 1.94. The average molecular weight is 230 g/mol. The maximum atomic E-state index is 11.6. The lowest BCUT2D eigenvalue weighted by molar-refractivity contribution is 0.240. The Kier molecular flexibility index (Phi) is 4.33. The summed E-state index contributed by atoms with van der Waals surface area (Å²) in [6.07, 6.45) is -0.0799. The number of hydrogen-bond acceptors (Lipinski definition) is 4. The van der Waals surface area contributed by atoms with Gasteiger partial charge in [-0.05, 0) is 24.6 Å². The summed E-state index contributed by atoms with van der Waals surface area (Å²) in [5.41, 5.74) is 1.08. The van der Waals surface area contributed by atoms with E-state index in [1.54, 1.807) is 6.07 Å². The van der Waals surface area contributed by atoms with Crippen molar-refractivity contribution in [1.82, 2.24) is 0 Å². The lowest BCUT2D eigenvalue weighted by Gasteiger charge is -2.14. The molecular weight excluding hydrogens is 215 g/mol. The molecule has 0 aromatic heterocycles. The van der Waals surface area contributed by atoms with Crippen LogP contribution in [0.1, 0.15) is 5.56 Å². The van der Waals surface area contributed by atoms with E-state index in [1.165, 1.54) is 14.2 Å². The predicted octanol–water partition coefficient (Wildman–Crippen LogP) is 2.82. The maximum Gasteiger partial charge on any atom is 0.367 e. The Labute approximate surface area is 89.7 Å². The molecule has 5 heteroatoms. The fourth-order valence-corrected chi connectivity index (χ4v) is 1.71. The monoisotopic (exact) mass is 230 g/mol. The van der Waals surface area contributed by atoms with Gasteiger partial charge >= 0.3 is 7.60 Å². The minimum atomic E-state index is -3.08. The quantitative estimate of drug-likeness (QED) is 0.729. The van der Waals surface area contributed by atoms with Gasteiger partial charge in [-0.3, -0.25) is 4.57 Å². The Morgan fingerprint density at radius 2 is 1.93 bits per heavy atom. The largest absolute Gasteiger partial charge is 0.481 e. The zero-order chi connectivity index (χ0) is 11.3. The van der Waals surface area contributed by atoms with Crippen LogP contribution in [0.3, 0.4) is 0 Å². The molecule has 0 saturated heterocycles. The van der Waals surface area contributed by atoms with Crippen LogP contribution in [-0.4, -0.2) is 20.6 Å². The van der Waals surface area contributed by atoms with Crippen LogP contribution in [0, 0.1) is 6.92 Å². The molecule has 1 aromatic carbocycles. The van der Waals surface area contributed by atoms with Gasteiger partial charge in [-0.1, -0.05) is 12.1 Å². The summed E-state index contributed by atoms with van der Waals surface area (Å²) in [5.74, 6) is 0.657. The van der Waals surface area contributed by atoms with Crippen molar-refractivity contribution in [3.63, 3.8) is 0 Å². The predicted molar refractivity (Wildman–Crippen MR) is 58.3 cm³/mol. The minimum absolute atomic E-state index is 0.0799. The molecule has 84 valence electrons. The van der Waals surface area contributed by atoms with Crippen LogP contribution < -0.4 is 4.74 Å². The lowest BCUT2D eigenvalue weighted by atomic mass is 10.2. The number of aryl methyl sites for hydroxylation is 1. The van der Waals surface area contributed by atoms with E-state index in [0.717, 1.165) is 5.56 Å². The molecule has 4 nitrogen and oxygen atoms in total. The first kappa shape index (κ1) is 12.2. The molecule has 0 unspecified atom stereocenters. The van der Waals surface area contributed by atoms with Gasteiger partial charge in [0.05, 0.1) is 0 Å². The van der Waals surface area contributed by atoms with Crippen LogP contribution in [0.25, 0.3) is 0 Å². The first-order valence-electron chi connectivity index (χ1n) is 4.49.